The number of hydrogen-bond acceptors (Lipinski definition) is 2. The first-order valence-electron chi connectivity index (χ1n) is 6.08. The molecule has 106 valence electrons. The fourth-order valence-corrected chi connectivity index (χ4v) is 2.81. The number of rotatable bonds is 6. The number of amides is 1. The number of benzene rings is 1. The molecule has 0 fully saturated rings. The highest BCUT2D eigenvalue weighted by atomic mass is 79.9. The van der Waals surface area contributed by atoms with Crippen LogP contribution in [0.15, 0.2) is 16.6 Å². The summed E-state index contributed by atoms with van der Waals surface area (Å²) in [6, 6.07) is 3.82. The van der Waals surface area contributed by atoms with Crippen molar-refractivity contribution >= 4 is 50.7 Å². The molecule has 0 aliphatic rings. The first-order valence-corrected chi connectivity index (χ1v) is 7.63. The third kappa shape index (κ3) is 6.13. The van der Waals surface area contributed by atoms with Crippen LogP contribution < -0.4 is 10.6 Å². The van der Waals surface area contributed by atoms with Crippen LogP contribution in [0.1, 0.15) is 26.7 Å². The maximum atomic E-state index is 11.8. The molecule has 0 atom stereocenters. The molecule has 1 aromatic carbocycles. The summed E-state index contributed by atoms with van der Waals surface area (Å²) in [6.45, 7) is 4.95. The predicted octanol–water partition coefficient (Wildman–Crippen LogP) is 4.47. The van der Waals surface area contributed by atoms with Crippen molar-refractivity contribution in [2.45, 2.75) is 32.7 Å². The number of hydrogen-bond donors (Lipinski definition) is 2. The van der Waals surface area contributed by atoms with E-state index in [2.05, 4.69) is 40.4 Å². The molecule has 0 radical (unpaired) electrons. The van der Waals surface area contributed by atoms with Gasteiger partial charge in [-0.1, -0.05) is 53.0 Å². The summed E-state index contributed by atoms with van der Waals surface area (Å²) in [4.78, 5) is 11.8. The predicted molar refractivity (Wildman–Crippen MR) is 85.2 cm³/mol. The minimum absolute atomic E-state index is 0.0864. The number of halogens is 3. The largest absolute Gasteiger partial charge is 0.324 e. The van der Waals surface area contributed by atoms with Gasteiger partial charge in [-0.05, 0) is 25.1 Å². The molecule has 0 aromatic heterocycles. The highest BCUT2D eigenvalue weighted by Crippen LogP contribution is 2.33. The van der Waals surface area contributed by atoms with Gasteiger partial charge in [-0.25, -0.2) is 0 Å². The molecule has 3 nitrogen and oxygen atoms in total. The third-order valence-electron chi connectivity index (χ3n) is 2.40. The van der Waals surface area contributed by atoms with E-state index in [1.807, 2.05) is 0 Å². The van der Waals surface area contributed by atoms with E-state index in [0.29, 0.717) is 28.2 Å². The van der Waals surface area contributed by atoms with Crippen LogP contribution in [0.4, 0.5) is 5.69 Å². The van der Waals surface area contributed by atoms with Crippen molar-refractivity contribution in [3.05, 3.63) is 26.7 Å². The van der Waals surface area contributed by atoms with Crippen molar-refractivity contribution in [3.63, 3.8) is 0 Å². The van der Waals surface area contributed by atoms with Crippen LogP contribution in [-0.4, -0.2) is 18.5 Å². The minimum Gasteiger partial charge on any atom is -0.324 e. The van der Waals surface area contributed by atoms with E-state index in [-0.39, 0.29) is 5.91 Å². The number of anilines is 1. The Morgan fingerprint density at radius 2 is 1.89 bits per heavy atom. The van der Waals surface area contributed by atoms with Gasteiger partial charge in [0.05, 0.1) is 15.7 Å². The van der Waals surface area contributed by atoms with Crippen molar-refractivity contribution in [3.8, 4) is 0 Å². The van der Waals surface area contributed by atoms with Gasteiger partial charge in [0.2, 0.25) is 5.91 Å². The van der Waals surface area contributed by atoms with E-state index in [1.165, 1.54) is 0 Å². The van der Waals surface area contributed by atoms with Crippen molar-refractivity contribution < 1.29 is 4.79 Å². The lowest BCUT2D eigenvalue weighted by molar-refractivity contribution is -0.116. The Bertz CT molecular complexity index is 429. The summed E-state index contributed by atoms with van der Waals surface area (Å²) in [5, 5.41) is 6.85. The Balaban J connectivity index is 2.49. The van der Waals surface area contributed by atoms with E-state index < -0.39 is 0 Å². The molecular formula is C13H17BrCl2N2O. The smallest absolute Gasteiger partial charge is 0.224 e. The monoisotopic (exact) mass is 366 g/mol. The lowest BCUT2D eigenvalue weighted by atomic mass is 10.2. The topological polar surface area (TPSA) is 41.1 Å². The van der Waals surface area contributed by atoms with Gasteiger partial charge in [0, 0.05) is 16.9 Å². The molecule has 2 N–H and O–H groups in total. The van der Waals surface area contributed by atoms with Crippen LogP contribution in [0.5, 0.6) is 0 Å². The van der Waals surface area contributed by atoms with E-state index in [0.717, 1.165) is 17.4 Å². The molecule has 19 heavy (non-hydrogen) atoms. The summed E-state index contributed by atoms with van der Waals surface area (Å²) in [7, 11) is 0. The number of nitrogens with one attached hydrogen (secondary N) is 2. The van der Waals surface area contributed by atoms with Crippen molar-refractivity contribution in [1.82, 2.24) is 5.32 Å². The van der Waals surface area contributed by atoms with Gasteiger partial charge in [0.1, 0.15) is 0 Å². The maximum Gasteiger partial charge on any atom is 0.224 e. The average Bonchev–Trinajstić information content (AvgIpc) is 2.29. The molecule has 0 aliphatic carbocycles. The summed E-state index contributed by atoms with van der Waals surface area (Å²) >= 11 is 15.4. The SMILES string of the molecule is CC(C)NCCCC(=O)Nc1c(Cl)cc(Br)cc1Cl. The van der Waals surface area contributed by atoms with Crippen LogP contribution in [0.25, 0.3) is 0 Å². The minimum atomic E-state index is -0.0864. The van der Waals surface area contributed by atoms with Crippen molar-refractivity contribution in [1.29, 1.82) is 0 Å². The highest BCUT2D eigenvalue weighted by Gasteiger charge is 2.10. The van der Waals surface area contributed by atoms with Crippen LogP contribution in [0.3, 0.4) is 0 Å². The van der Waals surface area contributed by atoms with Gasteiger partial charge in [0.25, 0.3) is 0 Å². The van der Waals surface area contributed by atoms with Crippen LogP contribution in [0.2, 0.25) is 10.0 Å². The molecule has 0 saturated carbocycles. The first kappa shape index (κ1) is 16.8. The van der Waals surface area contributed by atoms with Crippen molar-refractivity contribution in [2.24, 2.45) is 0 Å². The normalized spacial score (nSPS) is 10.8. The third-order valence-corrected chi connectivity index (χ3v) is 3.46. The first-order chi connectivity index (χ1) is 8.90. The summed E-state index contributed by atoms with van der Waals surface area (Å²) in [5.41, 5.74) is 0.466. The Morgan fingerprint density at radius 3 is 2.42 bits per heavy atom. The van der Waals surface area contributed by atoms with E-state index in [1.54, 1.807) is 12.1 Å². The van der Waals surface area contributed by atoms with Crippen molar-refractivity contribution in [2.75, 3.05) is 11.9 Å². The molecule has 1 amide bonds. The van der Waals surface area contributed by atoms with Gasteiger partial charge in [0.15, 0.2) is 0 Å². The second-order valence-electron chi connectivity index (χ2n) is 4.50. The molecule has 0 spiro atoms. The molecule has 6 heteroatoms. The highest BCUT2D eigenvalue weighted by molar-refractivity contribution is 9.10. The molecule has 0 bridgehead atoms. The standard InChI is InChI=1S/C13H17BrCl2N2O/c1-8(2)17-5-3-4-12(19)18-13-10(15)6-9(14)7-11(13)16/h6-8,17H,3-5H2,1-2H3,(H,18,19). The molecule has 0 aliphatic heterocycles. The molecular weight excluding hydrogens is 351 g/mol. The Morgan fingerprint density at radius 1 is 1.32 bits per heavy atom. The Kier molecular flexibility index (Phi) is 7.15. The van der Waals surface area contributed by atoms with Gasteiger partial charge in [-0.3, -0.25) is 4.79 Å². The van der Waals surface area contributed by atoms with Gasteiger partial charge >= 0.3 is 0 Å². The fourth-order valence-electron chi connectivity index (χ4n) is 1.50. The number of carbonyl (C=O) groups is 1. The zero-order valence-corrected chi connectivity index (χ0v) is 14.0. The Hall–Kier alpha value is -0.290. The van der Waals surface area contributed by atoms with Crippen LogP contribution >= 0.6 is 39.1 Å². The Labute approximate surface area is 132 Å². The molecule has 1 rings (SSSR count). The zero-order valence-electron chi connectivity index (χ0n) is 10.9. The maximum absolute atomic E-state index is 11.8. The second-order valence-corrected chi connectivity index (χ2v) is 6.24. The quantitative estimate of drug-likeness (QED) is 0.728. The summed E-state index contributed by atoms with van der Waals surface area (Å²) in [5.74, 6) is -0.0864. The fraction of sp³-hybridized carbons (Fsp3) is 0.462. The summed E-state index contributed by atoms with van der Waals surface area (Å²) < 4.78 is 0.779. The average molecular weight is 368 g/mol. The van der Waals surface area contributed by atoms with E-state index in [4.69, 9.17) is 23.2 Å². The molecule has 0 saturated heterocycles. The second kappa shape index (κ2) is 8.10. The van der Waals surface area contributed by atoms with E-state index in [9.17, 15) is 4.79 Å². The van der Waals surface area contributed by atoms with Gasteiger partial charge in [-0.2, -0.15) is 0 Å². The van der Waals surface area contributed by atoms with Gasteiger partial charge in [-0.15, -0.1) is 0 Å². The van der Waals surface area contributed by atoms with Gasteiger partial charge < -0.3 is 10.6 Å². The molecule has 1 aromatic rings. The van der Waals surface area contributed by atoms with Crippen LogP contribution in [-0.2, 0) is 4.79 Å². The molecule has 0 unspecified atom stereocenters. The summed E-state index contributed by atoms with van der Waals surface area (Å²) in [6.07, 6.45) is 1.21. The lowest BCUT2D eigenvalue weighted by Gasteiger charge is -2.11. The number of carbonyl (C=O) groups excluding carboxylic acids is 1. The lowest BCUT2D eigenvalue weighted by Crippen LogP contribution is -2.24. The molecule has 0 heterocycles. The van der Waals surface area contributed by atoms with E-state index >= 15 is 0 Å². The van der Waals surface area contributed by atoms with Crippen LogP contribution in [0, 0.1) is 0 Å². The zero-order chi connectivity index (χ0) is 14.4.